The molecule has 1 heterocycles. The Bertz CT molecular complexity index is 955. The van der Waals surface area contributed by atoms with E-state index in [1.807, 2.05) is 25.7 Å². The van der Waals surface area contributed by atoms with Crippen LogP contribution in [0.1, 0.15) is 84.2 Å². The van der Waals surface area contributed by atoms with E-state index in [-0.39, 0.29) is 49.4 Å². The van der Waals surface area contributed by atoms with E-state index >= 15 is 0 Å². The summed E-state index contributed by atoms with van der Waals surface area (Å²) >= 11 is 0. The molecule has 2 amide bonds. The number of anilines is 1. The SMILES string of the molecule is CCOC(=O)CCC(=O)N(C1CC1)[C@H]1c2cc(F)ccc2N(C(=O)OC(C)(C)C)[C@H]2CCC[C@H]21. The molecule has 1 aliphatic heterocycles. The van der Waals surface area contributed by atoms with Gasteiger partial charge in [0.2, 0.25) is 5.91 Å². The van der Waals surface area contributed by atoms with E-state index in [1.54, 1.807) is 17.9 Å². The summed E-state index contributed by atoms with van der Waals surface area (Å²) in [5.74, 6) is -0.934. The van der Waals surface area contributed by atoms with Crippen molar-refractivity contribution in [1.29, 1.82) is 0 Å². The summed E-state index contributed by atoms with van der Waals surface area (Å²) in [4.78, 5) is 42.2. The monoisotopic (exact) mass is 474 g/mol. The summed E-state index contributed by atoms with van der Waals surface area (Å²) < 4.78 is 25.3. The van der Waals surface area contributed by atoms with Gasteiger partial charge in [-0.1, -0.05) is 6.42 Å². The minimum absolute atomic E-state index is 0.0195. The molecule has 34 heavy (non-hydrogen) atoms. The van der Waals surface area contributed by atoms with Crippen molar-refractivity contribution in [2.75, 3.05) is 11.5 Å². The zero-order valence-corrected chi connectivity index (χ0v) is 20.5. The maximum Gasteiger partial charge on any atom is 0.415 e. The Hall–Kier alpha value is -2.64. The Labute approximate surface area is 200 Å². The first-order valence-electron chi connectivity index (χ1n) is 12.4. The molecule has 0 spiro atoms. The van der Waals surface area contributed by atoms with Gasteiger partial charge in [0, 0.05) is 30.0 Å². The highest BCUT2D eigenvalue weighted by Crippen LogP contribution is 2.53. The Morgan fingerprint density at radius 1 is 1.12 bits per heavy atom. The number of carbonyl (C=O) groups is 3. The fourth-order valence-electron chi connectivity index (χ4n) is 5.46. The molecule has 0 radical (unpaired) electrons. The van der Waals surface area contributed by atoms with Crippen LogP contribution in [0.5, 0.6) is 0 Å². The van der Waals surface area contributed by atoms with E-state index in [9.17, 15) is 18.8 Å². The van der Waals surface area contributed by atoms with Gasteiger partial charge >= 0.3 is 12.1 Å². The van der Waals surface area contributed by atoms with Crippen LogP contribution in [0.4, 0.5) is 14.9 Å². The molecular weight excluding hydrogens is 439 g/mol. The van der Waals surface area contributed by atoms with E-state index in [0.29, 0.717) is 11.3 Å². The lowest BCUT2D eigenvalue weighted by molar-refractivity contribution is -0.146. The van der Waals surface area contributed by atoms with Gasteiger partial charge in [-0.15, -0.1) is 0 Å². The van der Waals surface area contributed by atoms with Crippen molar-refractivity contribution < 1.29 is 28.2 Å². The smallest absolute Gasteiger partial charge is 0.415 e. The van der Waals surface area contributed by atoms with Crippen LogP contribution < -0.4 is 4.90 Å². The highest BCUT2D eigenvalue weighted by molar-refractivity contribution is 5.91. The van der Waals surface area contributed by atoms with E-state index in [1.165, 1.54) is 12.1 Å². The second-order valence-corrected chi connectivity index (χ2v) is 10.5. The lowest BCUT2D eigenvalue weighted by Crippen LogP contribution is -2.53. The van der Waals surface area contributed by atoms with Crippen LogP contribution in [-0.2, 0) is 19.1 Å². The zero-order chi connectivity index (χ0) is 24.6. The number of rotatable bonds is 6. The van der Waals surface area contributed by atoms with Gasteiger partial charge < -0.3 is 14.4 Å². The van der Waals surface area contributed by atoms with Crippen molar-refractivity contribution in [3.8, 4) is 0 Å². The third-order valence-corrected chi connectivity index (χ3v) is 6.80. The number of hydrogen-bond donors (Lipinski definition) is 0. The second-order valence-electron chi connectivity index (χ2n) is 10.5. The maximum absolute atomic E-state index is 14.5. The van der Waals surface area contributed by atoms with E-state index in [4.69, 9.17) is 9.47 Å². The molecule has 4 rings (SSSR count). The molecule has 0 saturated heterocycles. The first-order valence-corrected chi connectivity index (χ1v) is 12.4. The Morgan fingerprint density at radius 3 is 2.50 bits per heavy atom. The summed E-state index contributed by atoms with van der Waals surface area (Å²) in [6.45, 7) is 7.49. The van der Waals surface area contributed by atoms with Crippen molar-refractivity contribution in [3.05, 3.63) is 29.6 Å². The van der Waals surface area contributed by atoms with Gasteiger partial charge in [0.25, 0.3) is 0 Å². The van der Waals surface area contributed by atoms with Crippen LogP contribution in [0.15, 0.2) is 18.2 Å². The molecule has 8 heteroatoms. The summed E-state index contributed by atoms with van der Waals surface area (Å²) in [7, 11) is 0. The number of ether oxygens (including phenoxy) is 2. The molecule has 2 saturated carbocycles. The average Bonchev–Trinajstić information content (AvgIpc) is 3.47. The minimum Gasteiger partial charge on any atom is -0.466 e. The molecule has 0 N–H and O–H groups in total. The normalized spacial score (nSPS) is 23.7. The van der Waals surface area contributed by atoms with E-state index in [2.05, 4.69) is 0 Å². The molecule has 7 nitrogen and oxygen atoms in total. The summed E-state index contributed by atoms with van der Waals surface area (Å²) in [5.41, 5.74) is 0.587. The topological polar surface area (TPSA) is 76.2 Å². The van der Waals surface area contributed by atoms with E-state index in [0.717, 1.165) is 32.1 Å². The number of hydrogen-bond acceptors (Lipinski definition) is 5. The summed E-state index contributed by atoms with van der Waals surface area (Å²) in [6.07, 6.45) is 3.96. The second kappa shape index (κ2) is 9.55. The molecule has 186 valence electrons. The predicted octanol–water partition coefficient (Wildman–Crippen LogP) is 5.12. The first kappa shape index (κ1) is 24.5. The van der Waals surface area contributed by atoms with Gasteiger partial charge in [-0.2, -0.15) is 0 Å². The van der Waals surface area contributed by atoms with Crippen molar-refractivity contribution in [1.82, 2.24) is 4.90 Å². The van der Waals surface area contributed by atoms with Crippen molar-refractivity contribution in [2.45, 2.75) is 96.4 Å². The summed E-state index contributed by atoms with van der Waals surface area (Å²) in [5, 5.41) is 0. The molecule has 2 aliphatic carbocycles. The van der Waals surface area contributed by atoms with Crippen LogP contribution in [0.3, 0.4) is 0 Å². The van der Waals surface area contributed by atoms with Crippen LogP contribution in [0, 0.1) is 11.7 Å². The average molecular weight is 475 g/mol. The number of carbonyl (C=O) groups excluding carboxylic acids is 3. The Balaban J connectivity index is 1.71. The predicted molar refractivity (Wildman–Crippen MR) is 125 cm³/mol. The number of fused-ring (bicyclic) bond motifs is 2. The molecular formula is C26H35FN2O5. The van der Waals surface area contributed by atoms with Gasteiger partial charge in [-0.05, 0) is 71.6 Å². The minimum atomic E-state index is -0.661. The van der Waals surface area contributed by atoms with Gasteiger partial charge in [0.05, 0.1) is 24.8 Å². The van der Waals surface area contributed by atoms with Crippen LogP contribution in [0.2, 0.25) is 0 Å². The van der Waals surface area contributed by atoms with Crippen molar-refractivity contribution >= 4 is 23.7 Å². The van der Waals surface area contributed by atoms with Gasteiger partial charge in [-0.25, -0.2) is 9.18 Å². The number of nitrogens with zero attached hydrogens (tertiary/aromatic N) is 2. The van der Waals surface area contributed by atoms with E-state index < -0.39 is 23.5 Å². The first-order chi connectivity index (χ1) is 16.1. The molecule has 0 bridgehead atoms. The van der Waals surface area contributed by atoms with Gasteiger partial charge in [-0.3, -0.25) is 14.5 Å². The third-order valence-electron chi connectivity index (χ3n) is 6.80. The Kier molecular flexibility index (Phi) is 6.87. The van der Waals surface area contributed by atoms with Crippen LogP contribution in [0.25, 0.3) is 0 Å². The largest absolute Gasteiger partial charge is 0.466 e. The molecule has 1 aromatic carbocycles. The number of benzene rings is 1. The fourth-order valence-corrected chi connectivity index (χ4v) is 5.46. The fraction of sp³-hybridized carbons (Fsp3) is 0.654. The van der Waals surface area contributed by atoms with Crippen molar-refractivity contribution in [3.63, 3.8) is 0 Å². The van der Waals surface area contributed by atoms with Gasteiger partial charge in [0.15, 0.2) is 0 Å². The Morgan fingerprint density at radius 2 is 1.85 bits per heavy atom. The highest BCUT2D eigenvalue weighted by atomic mass is 19.1. The molecule has 3 atom stereocenters. The molecule has 2 fully saturated rings. The van der Waals surface area contributed by atoms with Gasteiger partial charge in [0.1, 0.15) is 11.4 Å². The molecule has 1 aromatic rings. The molecule has 3 aliphatic rings. The third kappa shape index (κ3) is 5.05. The lowest BCUT2D eigenvalue weighted by Gasteiger charge is -2.47. The zero-order valence-electron chi connectivity index (χ0n) is 20.5. The van der Waals surface area contributed by atoms with Crippen molar-refractivity contribution in [2.24, 2.45) is 5.92 Å². The van der Waals surface area contributed by atoms with Crippen LogP contribution in [-0.4, -0.2) is 47.2 Å². The number of amides is 2. The number of halogens is 1. The highest BCUT2D eigenvalue weighted by Gasteiger charge is 2.52. The van der Waals surface area contributed by atoms with Crippen LogP contribution >= 0.6 is 0 Å². The molecule has 0 aromatic heterocycles. The quantitative estimate of drug-likeness (QED) is 0.535. The number of esters is 1. The lowest BCUT2D eigenvalue weighted by atomic mass is 9.81. The maximum atomic E-state index is 14.5. The molecule has 0 unspecified atom stereocenters. The standard InChI is InChI=1S/C26H35FN2O5/c1-5-33-23(31)14-13-22(30)28(17-10-11-17)24-18-7-6-8-20(18)29(25(32)34-26(2,3)4)21-12-9-16(27)15-19(21)24/h9,12,15,17-18,20,24H,5-8,10-11,13-14H2,1-4H3/t18-,20+,24-/m1/s1. The summed E-state index contributed by atoms with van der Waals surface area (Å²) in [6, 6.07) is 4.05.